The molecule has 1 aromatic carbocycles. The smallest absolute Gasteiger partial charge is 0.233 e. The van der Waals surface area contributed by atoms with Gasteiger partial charge in [-0.05, 0) is 38.8 Å². The Kier molecular flexibility index (Phi) is 5.01. The summed E-state index contributed by atoms with van der Waals surface area (Å²) in [4.78, 5) is 15.5. The molecule has 1 saturated heterocycles. The van der Waals surface area contributed by atoms with Gasteiger partial charge in [-0.15, -0.1) is 0 Å². The van der Waals surface area contributed by atoms with E-state index in [-0.39, 0.29) is 11.9 Å². The van der Waals surface area contributed by atoms with E-state index in [0.717, 1.165) is 25.1 Å². The summed E-state index contributed by atoms with van der Waals surface area (Å²) in [6.45, 7) is 4.54. The Morgan fingerprint density at radius 3 is 2.93 bits per heavy atom. The van der Waals surface area contributed by atoms with Gasteiger partial charge in [-0.2, -0.15) is 20.1 Å². The highest BCUT2D eigenvalue weighted by atomic mass is 19.1. The highest BCUT2D eigenvalue weighted by Crippen LogP contribution is 2.35. The minimum atomic E-state index is -0.198. The van der Waals surface area contributed by atoms with Crippen LogP contribution in [0.4, 0.5) is 22.1 Å². The van der Waals surface area contributed by atoms with Crippen molar-refractivity contribution in [2.24, 2.45) is 0 Å². The number of anilines is 3. The van der Waals surface area contributed by atoms with Crippen LogP contribution in [0.25, 0.3) is 6.08 Å². The number of halogens is 1. The SMILES string of the molecule is C/C=C/c1cc(Nc2nc(C)nc(N3CCCC3c3ccccc3F)n2)n[nH]1. The van der Waals surface area contributed by atoms with Gasteiger partial charge in [0.2, 0.25) is 11.9 Å². The molecular formula is C20H22FN7. The summed E-state index contributed by atoms with van der Waals surface area (Å²) in [5.41, 5.74) is 1.56. The van der Waals surface area contributed by atoms with Gasteiger partial charge in [0.05, 0.1) is 11.7 Å². The van der Waals surface area contributed by atoms with Crippen molar-refractivity contribution in [3.8, 4) is 0 Å². The van der Waals surface area contributed by atoms with Crippen LogP contribution in [0.2, 0.25) is 0 Å². The summed E-state index contributed by atoms with van der Waals surface area (Å²) < 4.78 is 14.3. The zero-order chi connectivity index (χ0) is 19.5. The van der Waals surface area contributed by atoms with Gasteiger partial charge >= 0.3 is 0 Å². The summed E-state index contributed by atoms with van der Waals surface area (Å²) >= 11 is 0. The second kappa shape index (κ2) is 7.75. The number of nitrogens with one attached hydrogen (secondary N) is 2. The van der Waals surface area contributed by atoms with E-state index < -0.39 is 0 Å². The van der Waals surface area contributed by atoms with E-state index in [1.165, 1.54) is 6.07 Å². The lowest BCUT2D eigenvalue weighted by molar-refractivity contribution is 0.577. The fraction of sp³-hybridized carbons (Fsp3) is 0.300. The van der Waals surface area contributed by atoms with Gasteiger partial charge < -0.3 is 10.2 Å². The fourth-order valence-corrected chi connectivity index (χ4v) is 3.51. The monoisotopic (exact) mass is 379 g/mol. The number of aromatic nitrogens is 5. The average Bonchev–Trinajstić information content (AvgIpc) is 3.32. The number of H-pyrrole nitrogens is 1. The summed E-state index contributed by atoms with van der Waals surface area (Å²) in [7, 11) is 0. The first-order valence-electron chi connectivity index (χ1n) is 9.33. The molecule has 0 spiro atoms. The Morgan fingerprint density at radius 1 is 1.25 bits per heavy atom. The van der Waals surface area contributed by atoms with E-state index in [1.807, 2.05) is 49.1 Å². The zero-order valence-corrected chi connectivity index (χ0v) is 15.9. The molecule has 3 aromatic rings. The summed E-state index contributed by atoms with van der Waals surface area (Å²) in [5, 5.41) is 10.2. The molecule has 8 heteroatoms. The van der Waals surface area contributed by atoms with Crippen molar-refractivity contribution >= 4 is 23.8 Å². The van der Waals surface area contributed by atoms with Gasteiger partial charge in [0, 0.05) is 18.2 Å². The highest BCUT2D eigenvalue weighted by molar-refractivity contribution is 5.55. The largest absolute Gasteiger partial charge is 0.334 e. The first-order valence-corrected chi connectivity index (χ1v) is 9.33. The number of nitrogens with zero attached hydrogens (tertiary/aromatic N) is 5. The van der Waals surface area contributed by atoms with Crippen LogP contribution < -0.4 is 10.2 Å². The van der Waals surface area contributed by atoms with Crippen LogP contribution in [0, 0.1) is 12.7 Å². The number of rotatable bonds is 5. The maximum Gasteiger partial charge on any atom is 0.233 e. The normalized spacial score (nSPS) is 16.8. The summed E-state index contributed by atoms with van der Waals surface area (Å²) in [6.07, 6.45) is 5.67. The molecule has 7 nitrogen and oxygen atoms in total. The summed E-state index contributed by atoms with van der Waals surface area (Å²) in [6, 6.07) is 8.69. The van der Waals surface area contributed by atoms with E-state index >= 15 is 0 Å². The number of aryl methyl sites for hydroxylation is 1. The minimum Gasteiger partial charge on any atom is -0.334 e. The molecule has 4 rings (SSSR count). The fourth-order valence-electron chi connectivity index (χ4n) is 3.51. The van der Waals surface area contributed by atoms with Crippen molar-refractivity contribution in [1.29, 1.82) is 0 Å². The Labute approximate surface area is 162 Å². The Balaban J connectivity index is 1.61. The second-order valence-corrected chi connectivity index (χ2v) is 6.71. The molecule has 28 heavy (non-hydrogen) atoms. The van der Waals surface area contributed by atoms with Gasteiger partial charge in [0.25, 0.3) is 0 Å². The maximum absolute atomic E-state index is 14.3. The topological polar surface area (TPSA) is 82.6 Å². The van der Waals surface area contributed by atoms with E-state index in [0.29, 0.717) is 29.1 Å². The molecule has 0 amide bonds. The Bertz CT molecular complexity index is 998. The van der Waals surface area contributed by atoms with Crippen LogP contribution in [0.3, 0.4) is 0 Å². The van der Waals surface area contributed by atoms with Crippen LogP contribution in [0.15, 0.2) is 36.4 Å². The van der Waals surface area contributed by atoms with Crippen LogP contribution in [0.1, 0.15) is 42.9 Å². The molecule has 0 aliphatic carbocycles. The number of hydrogen-bond donors (Lipinski definition) is 2. The molecule has 2 aromatic heterocycles. The molecule has 1 aliphatic heterocycles. The molecule has 1 atom stereocenters. The second-order valence-electron chi connectivity index (χ2n) is 6.71. The molecule has 1 aliphatic rings. The molecule has 0 radical (unpaired) electrons. The van der Waals surface area contributed by atoms with Crippen molar-refractivity contribution in [1.82, 2.24) is 25.1 Å². The summed E-state index contributed by atoms with van der Waals surface area (Å²) in [5.74, 6) is 1.98. The van der Waals surface area contributed by atoms with Crippen molar-refractivity contribution in [2.75, 3.05) is 16.8 Å². The van der Waals surface area contributed by atoms with Gasteiger partial charge in [0.15, 0.2) is 5.82 Å². The van der Waals surface area contributed by atoms with E-state index in [2.05, 4.69) is 30.5 Å². The molecule has 2 N–H and O–H groups in total. The molecule has 0 bridgehead atoms. The molecular weight excluding hydrogens is 357 g/mol. The zero-order valence-electron chi connectivity index (χ0n) is 15.9. The van der Waals surface area contributed by atoms with E-state index in [1.54, 1.807) is 6.07 Å². The predicted octanol–water partition coefficient (Wildman–Crippen LogP) is 4.16. The van der Waals surface area contributed by atoms with Crippen LogP contribution >= 0.6 is 0 Å². The lowest BCUT2D eigenvalue weighted by atomic mass is 10.0. The maximum atomic E-state index is 14.3. The van der Waals surface area contributed by atoms with E-state index in [4.69, 9.17) is 0 Å². The predicted molar refractivity (Wildman–Crippen MR) is 107 cm³/mol. The number of hydrogen-bond acceptors (Lipinski definition) is 6. The van der Waals surface area contributed by atoms with Crippen LogP contribution in [-0.2, 0) is 0 Å². The van der Waals surface area contributed by atoms with Crippen molar-refractivity contribution < 1.29 is 4.39 Å². The van der Waals surface area contributed by atoms with Gasteiger partial charge in [-0.1, -0.05) is 24.3 Å². The van der Waals surface area contributed by atoms with Crippen molar-refractivity contribution in [2.45, 2.75) is 32.7 Å². The van der Waals surface area contributed by atoms with Gasteiger partial charge in [0.1, 0.15) is 11.6 Å². The number of allylic oxidation sites excluding steroid dienone is 1. The number of benzene rings is 1. The third kappa shape index (κ3) is 3.71. The first-order chi connectivity index (χ1) is 13.6. The number of aromatic amines is 1. The lowest BCUT2D eigenvalue weighted by Gasteiger charge is -2.25. The van der Waals surface area contributed by atoms with Crippen molar-refractivity contribution in [3.63, 3.8) is 0 Å². The molecule has 1 fully saturated rings. The van der Waals surface area contributed by atoms with E-state index in [9.17, 15) is 4.39 Å². The van der Waals surface area contributed by atoms with Gasteiger partial charge in [-0.3, -0.25) is 5.10 Å². The Morgan fingerprint density at radius 2 is 2.11 bits per heavy atom. The molecule has 0 saturated carbocycles. The van der Waals surface area contributed by atoms with Crippen molar-refractivity contribution in [3.05, 3.63) is 59.3 Å². The third-order valence-corrected chi connectivity index (χ3v) is 4.69. The molecule has 3 heterocycles. The molecule has 1 unspecified atom stereocenters. The van der Waals surface area contributed by atoms with Gasteiger partial charge in [-0.25, -0.2) is 4.39 Å². The minimum absolute atomic E-state index is 0.0810. The lowest BCUT2D eigenvalue weighted by Crippen LogP contribution is -2.26. The highest BCUT2D eigenvalue weighted by Gasteiger charge is 2.30. The standard InChI is InChI=1S/C20H22FN7/c1-3-7-14-12-18(27-26-14)24-19-22-13(2)23-20(25-19)28-11-6-10-17(28)15-8-4-5-9-16(15)21/h3-5,7-9,12,17H,6,10-11H2,1-2H3,(H2,22,23,24,25,26,27)/b7-3+. The van der Waals surface area contributed by atoms with Crippen LogP contribution in [0.5, 0.6) is 0 Å². The molecule has 144 valence electrons. The Hall–Kier alpha value is -3.29. The third-order valence-electron chi connectivity index (χ3n) is 4.69. The average molecular weight is 379 g/mol. The first kappa shape index (κ1) is 18.1. The quantitative estimate of drug-likeness (QED) is 0.693. The van der Waals surface area contributed by atoms with Crippen LogP contribution in [-0.4, -0.2) is 31.7 Å².